The summed E-state index contributed by atoms with van der Waals surface area (Å²) in [5.74, 6) is 2.48. The van der Waals surface area contributed by atoms with Gasteiger partial charge in [0.25, 0.3) is 12.9 Å². The fourth-order valence-corrected chi connectivity index (χ4v) is 4.35. The minimum Gasteiger partial charge on any atom is -0.493 e. The van der Waals surface area contributed by atoms with Gasteiger partial charge in [-0.25, -0.2) is 4.98 Å². The molecule has 1 aromatic carbocycles. The summed E-state index contributed by atoms with van der Waals surface area (Å²) >= 11 is 0. The second kappa shape index (κ2) is 12.2. The summed E-state index contributed by atoms with van der Waals surface area (Å²) in [7, 11) is 5.51. The van der Waals surface area contributed by atoms with Gasteiger partial charge in [-0.2, -0.15) is 0 Å². The summed E-state index contributed by atoms with van der Waals surface area (Å²) < 4.78 is 17.1. The molecule has 2 N–H and O–H groups in total. The standard InChI is InChI=1S/C21H29N3O3.2CH2O2/c1-15-11-20(22-17-13-19(26-4)18(25-3)12-16(15)17)24-7-5-21(6-8-24)14-23(2)9-10-27-21;2*2-1-3/h11-13H,5-10,14H2,1-4H3;2*1H,(H,2,3). The van der Waals surface area contributed by atoms with Crippen molar-refractivity contribution < 1.29 is 34.0 Å². The number of ether oxygens (including phenoxy) is 3. The maximum absolute atomic E-state index is 8.36. The number of piperidine rings is 1. The molecule has 182 valence electrons. The van der Waals surface area contributed by atoms with Crippen molar-refractivity contribution in [2.75, 3.05) is 59.0 Å². The van der Waals surface area contributed by atoms with Gasteiger partial charge >= 0.3 is 0 Å². The lowest BCUT2D eigenvalue weighted by Crippen LogP contribution is -2.56. The van der Waals surface area contributed by atoms with Gasteiger partial charge in [0.05, 0.1) is 31.9 Å². The van der Waals surface area contributed by atoms with E-state index in [0.29, 0.717) is 5.75 Å². The maximum Gasteiger partial charge on any atom is 0.290 e. The third-order valence-corrected chi connectivity index (χ3v) is 5.95. The summed E-state index contributed by atoms with van der Waals surface area (Å²) in [6.07, 6.45) is 2.09. The number of methoxy groups -OCH3 is 2. The summed E-state index contributed by atoms with van der Waals surface area (Å²) in [6, 6.07) is 6.16. The number of fused-ring (bicyclic) bond motifs is 1. The Labute approximate surface area is 193 Å². The Kier molecular flexibility index (Phi) is 9.68. The number of anilines is 1. The number of pyridine rings is 1. The molecule has 0 radical (unpaired) electrons. The molecule has 1 spiro atoms. The second-order valence-corrected chi connectivity index (χ2v) is 7.99. The average Bonchev–Trinajstić information content (AvgIpc) is 2.79. The summed E-state index contributed by atoms with van der Waals surface area (Å²) in [4.78, 5) is 26.4. The van der Waals surface area contributed by atoms with Crippen LogP contribution in [0.2, 0.25) is 0 Å². The molecule has 0 unspecified atom stereocenters. The van der Waals surface area contributed by atoms with Gasteiger partial charge in [0.1, 0.15) is 5.82 Å². The monoisotopic (exact) mass is 463 g/mol. The number of nitrogens with zero attached hydrogens (tertiary/aromatic N) is 3. The van der Waals surface area contributed by atoms with E-state index >= 15 is 0 Å². The molecule has 0 amide bonds. The molecular formula is C23H33N3O7. The largest absolute Gasteiger partial charge is 0.493 e. The van der Waals surface area contributed by atoms with Crippen molar-refractivity contribution in [3.05, 3.63) is 23.8 Å². The third-order valence-electron chi connectivity index (χ3n) is 5.95. The van der Waals surface area contributed by atoms with E-state index in [1.165, 1.54) is 5.56 Å². The molecular weight excluding hydrogens is 430 g/mol. The van der Waals surface area contributed by atoms with E-state index in [9.17, 15) is 0 Å². The highest BCUT2D eigenvalue weighted by molar-refractivity contribution is 5.87. The van der Waals surface area contributed by atoms with E-state index in [4.69, 9.17) is 39.0 Å². The van der Waals surface area contributed by atoms with Gasteiger partial charge in [-0.3, -0.25) is 9.59 Å². The van der Waals surface area contributed by atoms with Gasteiger partial charge < -0.3 is 34.2 Å². The smallest absolute Gasteiger partial charge is 0.290 e. The second-order valence-electron chi connectivity index (χ2n) is 7.99. The number of carboxylic acid groups (broad SMARTS) is 2. The number of benzene rings is 1. The number of morpholine rings is 1. The van der Waals surface area contributed by atoms with Crippen LogP contribution in [0.25, 0.3) is 10.9 Å². The van der Waals surface area contributed by atoms with Crippen LogP contribution in [0.15, 0.2) is 18.2 Å². The van der Waals surface area contributed by atoms with E-state index in [0.717, 1.165) is 68.1 Å². The first-order valence-corrected chi connectivity index (χ1v) is 10.6. The van der Waals surface area contributed by atoms with Crippen LogP contribution < -0.4 is 14.4 Å². The van der Waals surface area contributed by atoms with E-state index < -0.39 is 0 Å². The first-order valence-electron chi connectivity index (χ1n) is 10.6. The highest BCUT2D eigenvalue weighted by atomic mass is 16.5. The zero-order chi connectivity index (χ0) is 24.4. The van der Waals surface area contributed by atoms with Crippen molar-refractivity contribution in [1.29, 1.82) is 0 Å². The van der Waals surface area contributed by atoms with Crippen molar-refractivity contribution in [1.82, 2.24) is 9.88 Å². The molecule has 10 heteroatoms. The van der Waals surface area contributed by atoms with Crippen LogP contribution in [0.4, 0.5) is 5.82 Å². The molecule has 0 saturated carbocycles. The first kappa shape index (κ1) is 26.1. The lowest BCUT2D eigenvalue weighted by molar-refractivity contribution is -0.123. The SMILES string of the molecule is COc1cc2nc(N3CCC4(CC3)CN(C)CCO4)cc(C)c2cc1OC.O=CO.O=CO. The highest BCUT2D eigenvalue weighted by Crippen LogP contribution is 2.36. The number of hydrogen-bond acceptors (Lipinski definition) is 8. The molecule has 0 aliphatic carbocycles. The third kappa shape index (κ3) is 6.45. The molecule has 4 rings (SSSR count). The molecule has 2 saturated heterocycles. The number of carbonyl (C=O) groups is 2. The number of aryl methyl sites for hydroxylation is 1. The summed E-state index contributed by atoms with van der Waals surface area (Å²) in [6.45, 7) is 6.47. The zero-order valence-electron chi connectivity index (χ0n) is 19.6. The normalized spacial score (nSPS) is 17.3. The van der Waals surface area contributed by atoms with Gasteiger partial charge in [-0.05, 0) is 44.5 Å². The van der Waals surface area contributed by atoms with Crippen LogP contribution in [-0.2, 0) is 14.3 Å². The van der Waals surface area contributed by atoms with Gasteiger partial charge in [0, 0.05) is 37.6 Å². The Hall–Kier alpha value is -3.11. The van der Waals surface area contributed by atoms with Gasteiger partial charge in [-0.15, -0.1) is 0 Å². The number of likely N-dealkylation sites (N-methyl/N-ethyl adjacent to an activating group) is 1. The molecule has 0 atom stereocenters. The van der Waals surface area contributed by atoms with E-state index in [1.807, 2.05) is 12.1 Å². The van der Waals surface area contributed by atoms with Crippen LogP contribution in [0.5, 0.6) is 11.5 Å². The lowest BCUT2D eigenvalue weighted by Gasteiger charge is -2.46. The maximum atomic E-state index is 8.36. The van der Waals surface area contributed by atoms with E-state index in [-0.39, 0.29) is 18.5 Å². The lowest BCUT2D eigenvalue weighted by atomic mass is 9.89. The number of rotatable bonds is 3. The highest BCUT2D eigenvalue weighted by Gasteiger charge is 2.39. The predicted molar refractivity (Wildman–Crippen MR) is 125 cm³/mol. The molecule has 0 bridgehead atoms. The average molecular weight is 464 g/mol. The van der Waals surface area contributed by atoms with E-state index in [2.05, 4.69) is 29.8 Å². The Morgan fingerprint density at radius 2 is 1.61 bits per heavy atom. The van der Waals surface area contributed by atoms with Crippen molar-refractivity contribution in [3.8, 4) is 11.5 Å². The Morgan fingerprint density at radius 3 is 2.15 bits per heavy atom. The zero-order valence-corrected chi connectivity index (χ0v) is 19.6. The molecule has 3 heterocycles. The Bertz CT molecular complexity index is 924. The number of aromatic nitrogens is 1. The molecule has 1 aromatic heterocycles. The van der Waals surface area contributed by atoms with Crippen LogP contribution in [0.1, 0.15) is 18.4 Å². The van der Waals surface area contributed by atoms with Crippen LogP contribution in [-0.4, -0.2) is 92.7 Å². The Morgan fingerprint density at radius 1 is 1.03 bits per heavy atom. The fraction of sp³-hybridized carbons (Fsp3) is 0.522. The van der Waals surface area contributed by atoms with Gasteiger partial charge in [0.2, 0.25) is 0 Å². The van der Waals surface area contributed by atoms with Crippen molar-refractivity contribution in [3.63, 3.8) is 0 Å². The van der Waals surface area contributed by atoms with Crippen molar-refractivity contribution in [2.45, 2.75) is 25.4 Å². The van der Waals surface area contributed by atoms with Crippen molar-refractivity contribution >= 4 is 29.7 Å². The van der Waals surface area contributed by atoms with Crippen molar-refractivity contribution in [2.24, 2.45) is 0 Å². The molecule has 33 heavy (non-hydrogen) atoms. The molecule has 2 aromatic rings. The Balaban J connectivity index is 0.000000582. The quantitative estimate of drug-likeness (QED) is 0.656. The number of hydrogen-bond donors (Lipinski definition) is 2. The topological polar surface area (TPSA) is 122 Å². The van der Waals surface area contributed by atoms with Gasteiger partial charge in [0.15, 0.2) is 11.5 Å². The minimum absolute atomic E-state index is 0.0198. The van der Waals surface area contributed by atoms with Crippen LogP contribution in [0.3, 0.4) is 0 Å². The minimum atomic E-state index is -0.250. The van der Waals surface area contributed by atoms with Crippen LogP contribution >= 0.6 is 0 Å². The van der Waals surface area contributed by atoms with E-state index in [1.54, 1.807) is 14.2 Å². The van der Waals surface area contributed by atoms with Gasteiger partial charge in [-0.1, -0.05) is 0 Å². The summed E-state index contributed by atoms with van der Waals surface area (Å²) in [5, 5.41) is 14.9. The molecule has 10 nitrogen and oxygen atoms in total. The molecule has 2 fully saturated rings. The summed E-state index contributed by atoms with van der Waals surface area (Å²) in [5.41, 5.74) is 2.16. The molecule has 2 aliphatic heterocycles. The fourth-order valence-electron chi connectivity index (χ4n) is 4.35. The predicted octanol–water partition coefficient (Wildman–Crippen LogP) is 2.26. The van der Waals surface area contributed by atoms with Crippen LogP contribution in [0, 0.1) is 6.92 Å². The first-order chi connectivity index (χ1) is 15.9. The molecule has 2 aliphatic rings.